The molecule has 0 saturated heterocycles. The third kappa shape index (κ3) is 4.57. The summed E-state index contributed by atoms with van der Waals surface area (Å²) < 4.78 is 38.5. The molecule has 0 aliphatic rings. The highest BCUT2D eigenvalue weighted by atomic mass is 32.2. The molecule has 2 rings (SSSR count). The molecule has 0 heterocycles. The second-order valence-electron chi connectivity index (χ2n) is 6.02. The first-order valence-corrected chi connectivity index (χ1v) is 9.57. The van der Waals surface area contributed by atoms with E-state index >= 15 is 0 Å². The van der Waals surface area contributed by atoms with Crippen LogP contribution in [0.3, 0.4) is 0 Å². The van der Waals surface area contributed by atoms with Gasteiger partial charge in [0.2, 0.25) is 15.9 Å². The molecule has 0 radical (unpaired) electrons. The van der Waals surface area contributed by atoms with E-state index in [9.17, 15) is 17.6 Å². The van der Waals surface area contributed by atoms with E-state index in [1.807, 2.05) is 32.0 Å². The Hall–Kier alpha value is -2.41. The zero-order valence-corrected chi connectivity index (χ0v) is 15.4. The molecular weight excluding hydrogens is 343 g/mol. The fraction of sp³-hybridized carbons (Fsp3) is 0.278. The summed E-state index contributed by atoms with van der Waals surface area (Å²) in [5.74, 6) is -0.951. The predicted molar refractivity (Wildman–Crippen MR) is 97.7 cm³/mol. The van der Waals surface area contributed by atoms with Gasteiger partial charge >= 0.3 is 0 Å². The quantitative estimate of drug-likeness (QED) is 0.886. The number of carbonyl (C=O) groups is 1. The van der Waals surface area contributed by atoms with Crippen LogP contribution in [0.15, 0.2) is 42.5 Å². The first kappa shape index (κ1) is 18.9. The number of rotatable bonds is 5. The summed E-state index contributed by atoms with van der Waals surface area (Å²) in [6, 6.07) is 9.60. The third-order valence-electron chi connectivity index (χ3n) is 3.82. The number of nitrogens with one attached hydrogen (secondary N) is 1. The van der Waals surface area contributed by atoms with Crippen LogP contribution in [0.1, 0.15) is 18.1 Å². The molecule has 25 heavy (non-hydrogen) atoms. The number of carbonyl (C=O) groups excluding carboxylic acids is 1. The number of anilines is 2. The number of sulfonamides is 1. The average Bonchev–Trinajstić information content (AvgIpc) is 2.51. The summed E-state index contributed by atoms with van der Waals surface area (Å²) in [5.41, 5.74) is 2.71. The Bertz CT molecular complexity index is 880. The highest BCUT2D eigenvalue weighted by molar-refractivity contribution is 7.92. The molecule has 1 unspecified atom stereocenters. The minimum absolute atomic E-state index is 0.229. The maximum Gasteiger partial charge on any atom is 0.248 e. The lowest BCUT2D eigenvalue weighted by molar-refractivity contribution is -0.116. The second-order valence-corrected chi connectivity index (χ2v) is 7.88. The zero-order chi connectivity index (χ0) is 18.8. The lowest BCUT2D eigenvalue weighted by Gasteiger charge is -2.28. The highest BCUT2D eigenvalue weighted by Crippen LogP contribution is 2.23. The van der Waals surface area contributed by atoms with Crippen LogP contribution in [0, 0.1) is 19.7 Å². The van der Waals surface area contributed by atoms with Gasteiger partial charge in [-0.15, -0.1) is 0 Å². The Kier molecular flexibility index (Phi) is 5.47. The summed E-state index contributed by atoms with van der Waals surface area (Å²) in [5, 5.41) is 2.77. The Morgan fingerprint density at radius 1 is 1.12 bits per heavy atom. The minimum Gasteiger partial charge on any atom is -0.324 e. The van der Waals surface area contributed by atoms with Crippen LogP contribution in [-0.4, -0.2) is 26.6 Å². The molecule has 1 N–H and O–H groups in total. The van der Waals surface area contributed by atoms with Crippen LogP contribution in [0.4, 0.5) is 15.8 Å². The van der Waals surface area contributed by atoms with E-state index in [2.05, 4.69) is 5.32 Å². The first-order chi connectivity index (χ1) is 11.6. The SMILES string of the molecule is Cc1ccc(C)c(NC(=O)C(C)N(c2ccc(F)cc2)S(C)(=O)=O)c1. The van der Waals surface area contributed by atoms with E-state index in [0.29, 0.717) is 5.69 Å². The standard InChI is InChI=1S/C18H21FN2O3S/c1-12-5-6-13(2)17(11-12)20-18(22)14(3)21(25(4,23)24)16-9-7-15(19)8-10-16/h5-11,14H,1-4H3,(H,20,22). The van der Waals surface area contributed by atoms with Gasteiger partial charge in [0.1, 0.15) is 11.9 Å². The Labute approximate surface area is 147 Å². The summed E-state index contributed by atoms with van der Waals surface area (Å²) >= 11 is 0. The van der Waals surface area contributed by atoms with Crippen molar-refractivity contribution in [2.24, 2.45) is 0 Å². The van der Waals surface area contributed by atoms with E-state index < -0.39 is 27.8 Å². The van der Waals surface area contributed by atoms with Crippen molar-refractivity contribution in [1.82, 2.24) is 0 Å². The number of aryl methyl sites for hydroxylation is 2. The zero-order valence-electron chi connectivity index (χ0n) is 14.6. The Balaban J connectivity index is 2.33. The lowest BCUT2D eigenvalue weighted by Crippen LogP contribution is -2.45. The molecule has 0 aliphatic carbocycles. The van der Waals surface area contributed by atoms with Gasteiger partial charge in [0.05, 0.1) is 11.9 Å². The van der Waals surface area contributed by atoms with Gasteiger partial charge in [-0.2, -0.15) is 0 Å². The van der Waals surface area contributed by atoms with Crippen molar-refractivity contribution in [3.8, 4) is 0 Å². The van der Waals surface area contributed by atoms with Gasteiger partial charge in [0.25, 0.3) is 0 Å². The van der Waals surface area contributed by atoms with E-state index in [1.54, 1.807) is 0 Å². The average molecular weight is 364 g/mol. The van der Waals surface area contributed by atoms with Crippen molar-refractivity contribution in [2.75, 3.05) is 15.9 Å². The molecule has 1 amide bonds. The van der Waals surface area contributed by atoms with Crippen LogP contribution in [-0.2, 0) is 14.8 Å². The van der Waals surface area contributed by atoms with Gasteiger partial charge in [0.15, 0.2) is 0 Å². The predicted octanol–water partition coefficient (Wildman–Crippen LogP) is 3.24. The third-order valence-corrected chi connectivity index (χ3v) is 5.06. The molecule has 1 atom stereocenters. The molecule has 134 valence electrons. The monoisotopic (exact) mass is 364 g/mol. The number of halogens is 1. The van der Waals surface area contributed by atoms with Crippen LogP contribution in [0.2, 0.25) is 0 Å². The fourth-order valence-corrected chi connectivity index (χ4v) is 3.68. The van der Waals surface area contributed by atoms with Crippen molar-refractivity contribution in [3.63, 3.8) is 0 Å². The molecule has 0 fully saturated rings. The Morgan fingerprint density at radius 2 is 1.72 bits per heavy atom. The minimum atomic E-state index is -3.74. The van der Waals surface area contributed by atoms with Crippen molar-refractivity contribution in [1.29, 1.82) is 0 Å². The summed E-state index contributed by atoms with van der Waals surface area (Å²) in [6.07, 6.45) is 1.01. The van der Waals surface area contributed by atoms with Gasteiger partial charge in [-0.1, -0.05) is 12.1 Å². The van der Waals surface area contributed by atoms with Gasteiger partial charge in [-0.05, 0) is 62.2 Å². The van der Waals surface area contributed by atoms with Gasteiger partial charge in [-0.25, -0.2) is 12.8 Å². The first-order valence-electron chi connectivity index (χ1n) is 7.72. The van der Waals surface area contributed by atoms with E-state index in [4.69, 9.17) is 0 Å². The van der Waals surface area contributed by atoms with Gasteiger partial charge in [-0.3, -0.25) is 9.10 Å². The van der Waals surface area contributed by atoms with Crippen LogP contribution >= 0.6 is 0 Å². The van der Waals surface area contributed by atoms with Crippen molar-refractivity contribution in [2.45, 2.75) is 26.8 Å². The smallest absolute Gasteiger partial charge is 0.248 e. The lowest BCUT2D eigenvalue weighted by atomic mass is 10.1. The number of amides is 1. The van der Waals surface area contributed by atoms with Crippen molar-refractivity contribution < 1.29 is 17.6 Å². The van der Waals surface area contributed by atoms with Crippen LogP contribution < -0.4 is 9.62 Å². The molecule has 7 heteroatoms. The topological polar surface area (TPSA) is 66.5 Å². The summed E-state index contributed by atoms with van der Waals surface area (Å²) in [4.78, 5) is 12.6. The highest BCUT2D eigenvalue weighted by Gasteiger charge is 2.29. The van der Waals surface area contributed by atoms with Crippen molar-refractivity contribution in [3.05, 3.63) is 59.4 Å². The molecule has 0 spiro atoms. The molecule has 0 saturated carbocycles. The second kappa shape index (κ2) is 7.23. The molecular formula is C18H21FN2O3S. The largest absolute Gasteiger partial charge is 0.324 e. The summed E-state index contributed by atoms with van der Waals surface area (Å²) in [7, 11) is -3.74. The van der Waals surface area contributed by atoms with Crippen molar-refractivity contribution >= 4 is 27.3 Å². The molecule has 0 aromatic heterocycles. The normalized spacial score (nSPS) is 12.5. The molecule has 0 bridgehead atoms. The van der Waals surface area contributed by atoms with Crippen LogP contribution in [0.25, 0.3) is 0 Å². The molecule has 2 aromatic rings. The van der Waals surface area contributed by atoms with E-state index in [-0.39, 0.29) is 5.69 Å². The number of benzene rings is 2. The van der Waals surface area contributed by atoms with E-state index in [1.165, 1.54) is 19.1 Å². The molecule has 0 aliphatic heterocycles. The Morgan fingerprint density at radius 3 is 2.28 bits per heavy atom. The van der Waals surface area contributed by atoms with Gasteiger partial charge in [0, 0.05) is 5.69 Å². The fourth-order valence-electron chi connectivity index (χ4n) is 2.50. The maximum atomic E-state index is 13.1. The maximum absolute atomic E-state index is 13.1. The van der Waals surface area contributed by atoms with E-state index in [0.717, 1.165) is 33.8 Å². The number of hydrogen-bond acceptors (Lipinski definition) is 3. The summed E-state index contributed by atoms with van der Waals surface area (Å²) in [6.45, 7) is 5.25. The number of nitrogens with zero attached hydrogens (tertiary/aromatic N) is 1. The molecule has 2 aromatic carbocycles. The van der Waals surface area contributed by atoms with Gasteiger partial charge < -0.3 is 5.32 Å². The number of hydrogen-bond donors (Lipinski definition) is 1. The molecule has 5 nitrogen and oxygen atoms in total. The van der Waals surface area contributed by atoms with Crippen LogP contribution in [0.5, 0.6) is 0 Å².